The smallest absolute Gasteiger partial charge is 0.00727 e. The molecule has 1 nitrogen and oxygen atoms in total. The molecule has 1 heteroatoms. The summed E-state index contributed by atoms with van der Waals surface area (Å²) in [5.74, 6) is 0. The van der Waals surface area contributed by atoms with Crippen LogP contribution in [0.1, 0.15) is 50.7 Å². The summed E-state index contributed by atoms with van der Waals surface area (Å²) in [6.07, 6.45) is 6.33. The fraction of sp³-hybridized carbons (Fsp3) is 0.625. The highest BCUT2D eigenvalue weighted by Gasteiger charge is 2.35. The zero-order valence-corrected chi connectivity index (χ0v) is 11.4. The van der Waals surface area contributed by atoms with Crippen molar-refractivity contribution in [3.05, 3.63) is 35.4 Å². The van der Waals surface area contributed by atoms with Gasteiger partial charge < -0.3 is 5.32 Å². The highest BCUT2D eigenvalue weighted by atomic mass is 14.9. The average molecular weight is 231 g/mol. The predicted molar refractivity (Wildman–Crippen MR) is 74.5 cm³/mol. The molecule has 0 aliphatic heterocycles. The molecule has 0 bridgehead atoms. The Morgan fingerprint density at radius 1 is 1.29 bits per heavy atom. The standard InChI is InChI=1S/C16H25N/c1-4-5-13-6-8-14(9-7-13)16(2)11-10-15(12-16)17-3/h6-9,15,17H,4-5,10-12H2,1-3H3. The van der Waals surface area contributed by atoms with E-state index in [1.807, 2.05) is 0 Å². The summed E-state index contributed by atoms with van der Waals surface area (Å²) < 4.78 is 0. The van der Waals surface area contributed by atoms with E-state index in [0.29, 0.717) is 11.5 Å². The molecule has 0 saturated heterocycles. The van der Waals surface area contributed by atoms with E-state index in [1.54, 1.807) is 0 Å². The van der Waals surface area contributed by atoms with Crippen LogP contribution in [0.2, 0.25) is 0 Å². The van der Waals surface area contributed by atoms with E-state index in [-0.39, 0.29) is 0 Å². The van der Waals surface area contributed by atoms with Crippen molar-refractivity contribution in [2.45, 2.75) is 57.4 Å². The molecule has 0 spiro atoms. The van der Waals surface area contributed by atoms with Gasteiger partial charge in [0, 0.05) is 6.04 Å². The Hall–Kier alpha value is -0.820. The minimum atomic E-state index is 0.387. The van der Waals surface area contributed by atoms with Crippen LogP contribution in [0.15, 0.2) is 24.3 Å². The Labute approximate surface area is 106 Å². The third-order valence-electron chi connectivity index (χ3n) is 4.34. The number of rotatable bonds is 4. The molecule has 17 heavy (non-hydrogen) atoms. The third-order valence-corrected chi connectivity index (χ3v) is 4.34. The van der Waals surface area contributed by atoms with E-state index in [1.165, 1.54) is 43.2 Å². The molecule has 2 atom stereocenters. The van der Waals surface area contributed by atoms with Gasteiger partial charge in [0.05, 0.1) is 0 Å². The maximum atomic E-state index is 3.42. The van der Waals surface area contributed by atoms with Crippen LogP contribution in [0.4, 0.5) is 0 Å². The van der Waals surface area contributed by atoms with Crippen molar-refractivity contribution in [1.82, 2.24) is 5.32 Å². The van der Waals surface area contributed by atoms with Crippen LogP contribution in [0.25, 0.3) is 0 Å². The number of nitrogens with one attached hydrogen (secondary N) is 1. The molecule has 0 amide bonds. The van der Waals surface area contributed by atoms with Gasteiger partial charge in [-0.05, 0) is 49.3 Å². The number of hydrogen-bond donors (Lipinski definition) is 1. The van der Waals surface area contributed by atoms with Crippen molar-refractivity contribution >= 4 is 0 Å². The van der Waals surface area contributed by atoms with E-state index in [4.69, 9.17) is 0 Å². The summed E-state index contributed by atoms with van der Waals surface area (Å²) in [4.78, 5) is 0. The zero-order chi connectivity index (χ0) is 12.3. The number of benzene rings is 1. The fourth-order valence-electron chi connectivity index (χ4n) is 3.11. The van der Waals surface area contributed by atoms with Crippen LogP contribution in [-0.4, -0.2) is 13.1 Å². The first-order valence-corrected chi connectivity index (χ1v) is 6.94. The summed E-state index contributed by atoms with van der Waals surface area (Å²) >= 11 is 0. The second-order valence-corrected chi connectivity index (χ2v) is 5.74. The van der Waals surface area contributed by atoms with Gasteiger partial charge in [0.1, 0.15) is 0 Å². The van der Waals surface area contributed by atoms with Crippen LogP contribution >= 0.6 is 0 Å². The second-order valence-electron chi connectivity index (χ2n) is 5.74. The Bertz CT molecular complexity index is 354. The first-order chi connectivity index (χ1) is 8.18. The first-order valence-electron chi connectivity index (χ1n) is 6.94. The van der Waals surface area contributed by atoms with E-state index >= 15 is 0 Å². The molecule has 1 aliphatic rings. The van der Waals surface area contributed by atoms with Crippen LogP contribution < -0.4 is 5.32 Å². The molecular formula is C16H25N. The first kappa shape index (κ1) is 12.6. The van der Waals surface area contributed by atoms with E-state index in [9.17, 15) is 0 Å². The zero-order valence-electron chi connectivity index (χ0n) is 11.4. The van der Waals surface area contributed by atoms with Crippen LogP contribution in [0.3, 0.4) is 0 Å². The van der Waals surface area contributed by atoms with E-state index < -0.39 is 0 Å². The molecule has 1 N–H and O–H groups in total. The van der Waals surface area contributed by atoms with Gasteiger partial charge in [-0.3, -0.25) is 0 Å². The van der Waals surface area contributed by atoms with Crippen molar-refractivity contribution in [3.8, 4) is 0 Å². The minimum Gasteiger partial charge on any atom is -0.317 e. The minimum absolute atomic E-state index is 0.387. The maximum absolute atomic E-state index is 3.42. The quantitative estimate of drug-likeness (QED) is 0.833. The van der Waals surface area contributed by atoms with Crippen molar-refractivity contribution < 1.29 is 0 Å². The van der Waals surface area contributed by atoms with Gasteiger partial charge in [-0.15, -0.1) is 0 Å². The van der Waals surface area contributed by atoms with Gasteiger partial charge in [0.15, 0.2) is 0 Å². The van der Waals surface area contributed by atoms with Gasteiger partial charge >= 0.3 is 0 Å². The predicted octanol–water partition coefficient (Wildman–Crippen LogP) is 3.67. The largest absolute Gasteiger partial charge is 0.317 e. The summed E-state index contributed by atoms with van der Waals surface area (Å²) in [7, 11) is 2.08. The maximum Gasteiger partial charge on any atom is 0.00727 e. The summed E-state index contributed by atoms with van der Waals surface area (Å²) in [6, 6.07) is 10.0. The van der Waals surface area contributed by atoms with Crippen LogP contribution in [0.5, 0.6) is 0 Å². The topological polar surface area (TPSA) is 12.0 Å². The molecule has 2 rings (SSSR count). The average Bonchev–Trinajstić information content (AvgIpc) is 2.74. The van der Waals surface area contributed by atoms with Gasteiger partial charge in [0.2, 0.25) is 0 Å². The molecule has 1 aromatic rings. The molecule has 94 valence electrons. The summed E-state index contributed by atoms with van der Waals surface area (Å²) in [6.45, 7) is 4.66. The SMILES string of the molecule is CCCc1ccc(C2(C)CCC(NC)C2)cc1. The monoisotopic (exact) mass is 231 g/mol. The Balaban J connectivity index is 2.11. The highest BCUT2D eigenvalue weighted by molar-refractivity contribution is 5.30. The van der Waals surface area contributed by atoms with E-state index in [0.717, 1.165) is 0 Å². The van der Waals surface area contributed by atoms with Gasteiger partial charge in [-0.25, -0.2) is 0 Å². The molecule has 1 aromatic carbocycles. The fourth-order valence-corrected chi connectivity index (χ4v) is 3.11. The summed E-state index contributed by atoms with van der Waals surface area (Å²) in [5, 5.41) is 3.42. The molecule has 1 saturated carbocycles. The molecule has 0 heterocycles. The third kappa shape index (κ3) is 2.71. The summed E-state index contributed by atoms with van der Waals surface area (Å²) in [5.41, 5.74) is 3.39. The van der Waals surface area contributed by atoms with Gasteiger partial charge in [-0.2, -0.15) is 0 Å². The lowest BCUT2D eigenvalue weighted by Gasteiger charge is -2.25. The van der Waals surface area contributed by atoms with Gasteiger partial charge in [0.25, 0.3) is 0 Å². The highest BCUT2D eigenvalue weighted by Crippen LogP contribution is 2.40. The van der Waals surface area contributed by atoms with Crippen molar-refractivity contribution in [1.29, 1.82) is 0 Å². The molecule has 0 radical (unpaired) electrons. The lowest BCUT2D eigenvalue weighted by molar-refractivity contribution is 0.466. The number of aryl methyl sites for hydroxylation is 1. The Morgan fingerprint density at radius 3 is 2.53 bits per heavy atom. The van der Waals surface area contributed by atoms with Crippen molar-refractivity contribution in [3.63, 3.8) is 0 Å². The lowest BCUT2D eigenvalue weighted by atomic mass is 9.80. The lowest BCUT2D eigenvalue weighted by Crippen LogP contribution is -2.25. The van der Waals surface area contributed by atoms with Crippen molar-refractivity contribution in [2.75, 3.05) is 7.05 Å². The molecule has 0 aromatic heterocycles. The normalized spacial score (nSPS) is 28.5. The van der Waals surface area contributed by atoms with Crippen LogP contribution in [0, 0.1) is 0 Å². The Kier molecular flexibility index (Phi) is 3.88. The van der Waals surface area contributed by atoms with Gasteiger partial charge in [-0.1, -0.05) is 44.5 Å². The van der Waals surface area contributed by atoms with E-state index in [2.05, 4.69) is 50.5 Å². The van der Waals surface area contributed by atoms with Crippen LogP contribution in [-0.2, 0) is 11.8 Å². The second kappa shape index (κ2) is 5.22. The van der Waals surface area contributed by atoms with Crippen molar-refractivity contribution in [2.24, 2.45) is 0 Å². The molecule has 2 unspecified atom stereocenters. The molecule has 1 aliphatic carbocycles. The number of hydrogen-bond acceptors (Lipinski definition) is 1. The molecule has 1 fully saturated rings. The Morgan fingerprint density at radius 2 is 2.00 bits per heavy atom. The molecular weight excluding hydrogens is 206 g/mol.